The van der Waals surface area contributed by atoms with Gasteiger partial charge in [0.2, 0.25) is 0 Å². The third kappa shape index (κ3) is 1.17. The maximum absolute atomic E-state index is 4.30. The third-order valence-corrected chi connectivity index (χ3v) is 2.45. The fourth-order valence-electron chi connectivity index (χ4n) is 1.78. The number of nitrogens with zero attached hydrogens (tertiary/aromatic N) is 2. The molecule has 0 bridgehead atoms. The summed E-state index contributed by atoms with van der Waals surface area (Å²) < 4.78 is 0. The number of fused-ring (bicyclic) bond motifs is 1. The van der Waals surface area contributed by atoms with Crippen molar-refractivity contribution >= 4 is 5.69 Å². The summed E-state index contributed by atoms with van der Waals surface area (Å²) in [7, 11) is 2.13. The van der Waals surface area contributed by atoms with Crippen LogP contribution in [0, 0.1) is 6.92 Å². The Morgan fingerprint density at radius 2 is 2.33 bits per heavy atom. The van der Waals surface area contributed by atoms with E-state index in [1.807, 2.05) is 6.20 Å². The Morgan fingerprint density at radius 3 is 3.17 bits per heavy atom. The molecule has 1 aromatic heterocycles. The molecule has 0 saturated carbocycles. The lowest BCUT2D eigenvalue weighted by atomic mass is 10.0. The van der Waals surface area contributed by atoms with E-state index in [1.54, 1.807) is 0 Å². The Morgan fingerprint density at radius 1 is 1.50 bits per heavy atom. The summed E-state index contributed by atoms with van der Waals surface area (Å²) in [4.78, 5) is 6.58. The van der Waals surface area contributed by atoms with Gasteiger partial charge in [-0.1, -0.05) is 0 Å². The van der Waals surface area contributed by atoms with Crippen LogP contribution in [0.15, 0.2) is 12.3 Å². The quantitative estimate of drug-likeness (QED) is 0.578. The molecule has 1 aliphatic heterocycles. The molecule has 0 amide bonds. The first kappa shape index (κ1) is 7.59. The summed E-state index contributed by atoms with van der Waals surface area (Å²) in [6, 6.07) is 2.20. The van der Waals surface area contributed by atoms with E-state index in [0.717, 1.165) is 12.2 Å². The van der Waals surface area contributed by atoms with Crippen molar-refractivity contribution in [3.8, 4) is 0 Å². The standard InChI is InChI=1S/C10H14N2/c1-8-6-9-4-3-5-12(2)10(9)7-11-8/h6-7H,3-5H2,1-2H3. The van der Waals surface area contributed by atoms with Gasteiger partial charge in [-0.2, -0.15) is 0 Å². The molecule has 0 fully saturated rings. The minimum absolute atomic E-state index is 1.13. The van der Waals surface area contributed by atoms with Gasteiger partial charge in [0.1, 0.15) is 0 Å². The molecule has 12 heavy (non-hydrogen) atoms. The van der Waals surface area contributed by atoms with Crippen LogP contribution in [-0.4, -0.2) is 18.6 Å². The Balaban J connectivity index is 2.46. The lowest BCUT2D eigenvalue weighted by Crippen LogP contribution is -2.24. The number of pyridine rings is 1. The van der Waals surface area contributed by atoms with Crippen LogP contribution in [0.2, 0.25) is 0 Å². The molecule has 0 aliphatic carbocycles. The highest BCUT2D eigenvalue weighted by Crippen LogP contribution is 2.24. The molecule has 2 nitrogen and oxygen atoms in total. The highest BCUT2D eigenvalue weighted by atomic mass is 15.1. The van der Waals surface area contributed by atoms with Gasteiger partial charge >= 0.3 is 0 Å². The van der Waals surface area contributed by atoms with Crippen molar-refractivity contribution in [1.82, 2.24) is 4.98 Å². The zero-order valence-electron chi connectivity index (χ0n) is 7.67. The summed E-state index contributed by atoms with van der Waals surface area (Å²) in [5.74, 6) is 0. The van der Waals surface area contributed by atoms with Gasteiger partial charge in [0, 0.05) is 19.3 Å². The molecule has 0 unspecified atom stereocenters. The second-order valence-corrected chi connectivity index (χ2v) is 3.48. The van der Waals surface area contributed by atoms with Crippen molar-refractivity contribution in [2.45, 2.75) is 19.8 Å². The second-order valence-electron chi connectivity index (χ2n) is 3.48. The zero-order valence-corrected chi connectivity index (χ0v) is 7.67. The average molecular weight is 162 g/mol. The van der Waals surface area contributed by atoms with Crippen LogP contribution in [0.1, 0.15) is 17.7 Å². The highest BCUT2D eigenvalue weighted by molar-refractivity contribution is 5.53. The molecule has 0 saturated heterocycles. The van der Waals surface area contributed by atoms with E-state index < -0.39 is 0 Å². The van der Waals surface area contributed by atoms with Gasteiger partial charge in [0.15, 0.2) is 0 Å². The van der Waals surface area contributed by atoms with Crippen LogP contribution in [0.3, 0.4) is 0 Å². The molecule has 2 heterocycles. The molecule has 0 radical (unpaired) electrons. The van der Waals surface area contributed by atoms with Crippen molar-refractivity contribution in [1.29, 1.82) is 0 Å². The first-order chi connectivity index (χ1) is 5.77. The van der Waals surface area contributed by atoms with E-state index in [4.69, 9.17) is 0 Å². The van der Waals surface area contributed by atoms with E-state index in [1.165, 1.54) is 24.1 Å². The monoisotopic (exact) mass is 162 g/mol. The lowest BCUT2D eigenvalue weighted by Gasteiger charge is -2.26. The van der Waals surface area contributed by atoms with Crippen LogP contribution in [0.25, 0.3) is 0 Å². The number of rotatable bonds is 0. The molecule has 1 aromatic rings. The van der Waals surface area contributed by atoms with E-state index in [2.05, 4.69) is 29.9 Å². The average Bonchev–Trinajstić information content (AvgIpc) is 2.04. The normalized spacial score (nSPS) is 16.0. The molecule has 64 valence electrons. The maximum atomic E-state index is 4.30. The Hall–Kier alpha value is -1.05. The topological polar surface area (TPSA) is 16.1 Å². The molecule has 0 atom stereocenters. The summed E-state index contributed by atoms with van der Waals surface area (Å²) in [6.07, 6.45) is 4.47. The first-order valence-corrected chi connectivity index (χ1v) is 4.44. The summed E-state index contributed by atoms with van der Waals surface area (Å²) in [6.45, 7) is 3.21. The fraction of sp³-hybridized carbons (Fsp3) is 0.500. The van der Waals surface area contributed by atoms with Gasteiger partial charge in [0.05, 0.1) is 11.9 Å². The second kappa shape index (κ2) is 2.77. The Labute approximate surface area is 73.2 Å². The van der Waals surface area contributed by atoms with Crippen LogP contribution in [-0.2, 0) is 6.42 Å². The molecule has 0 aromatic carbocycles. The van der Waals surface area contributed by atoms with Gasteiger partial charge in [-0.25, -0.2) is 0 Å². The van der Waals surface area contributed by atoms with Crippen molar-refractivity contribution in [3.05, 3.63) is 23.5 Å². The van der Waals surface area contributed by atoms with Crippen LogP contribution < -0.4 is 4.90 Å². The number of hydrogen-bond donors (Lipinski definition) is 0. The van der Waals surface area contributed by atoms with Crippen molar-refractivity contribution in [3.63, 3.8) is 0 Å². The Bertz CT molecular complexity index is 294. The minimum Gasteiger partial charge on any atom is -0.373 e. The van der Waals surface area contributed by atoms with Crippen molar-refractivity contribution in [2.75, 3.05) is 18.5 Å². The molecule has 0 N–H and O–H groups in total. The highest BCUT2D eigenvalue weighted by Gasteiger charge is 2.13. The van der Waals surface area contributed by atoms with Gasteiger partial charge in [0.25, 0.3) is 0 Å². The molecule has 2 rings (SSSR count). The SMILES string of the molecule is Cc1cc2c(cn1)N(C)CCC2. The zero-order chi connectivity index (χ0) is 8.55. The van der Waals surface area contributed by atoms with Gasteiger partial charge < -0.3 is 4.90 Å². The largest absolute Gasteiger partial charge is 0.373 e. The van der Waals surface area contributed by atoms with E-state index in [0.29, 0.717) is 0 Å². The van der Waals surface area contributed by atoms with Crippen LogP contribution in [0.5, 0.6) is 0 Å². The molecular weight excluding hydrogens is 148 g/mol. The predicted octanol–water partition coefficient (Wildman–Crippen LogP) is 1.77. The summed E-state index contributed by atoms with van der Waals surface area (Å²) in [5.41, 5.74) is 3.90. The Kier molecular flexibility index (Phi) is 1.75. The summed E-state index contributed by atoms with van der Waals surface area (Å²) in [5, 5.41) is 0. The number of anilines is 1. The van der Waals surface area contributed by atoms with Crippen molar-refractivity contribution < 1.29 is 0 Å². The van der Waals surface area contributed by atoms with E-state index in [-0.39, 0.29) is 0 Å². The van der Waals surface area contributed by atoms with Gasteiger partial charge in [-0.3, -0.25) is 4.98 Å². The number of aromatic nitrogens is 1. The first-order valence-electron chi connectivity index (χ1n) is 4.44. The van der Waals surface area contributed by atoms with Gasteiger partial charge in [-0.05, 0) is 31.4 Å². The maximum Gasteiger partial charge on any atom is 0.0582 e. The van der Waals surface area contributed by atoms with E-state index >= 15 is 0 Å². The van der Waals surface area contributed by atoms with Crippen LogP contribution >= 0.6 is 0 Å². The molecule has 0 spiro atoms. The summed E-state index contributed by atoms with van der Waals surface area (Å²) >= 11 is 0. The number of hydrogen-bond acceptors (Lipinski definition) is 2. The predicted molar refractivity (Wildman–Crippen MR) is 50.6 cm³/mol. The molecule has 2 heteroatoms. The van der Waals surface area contributed by atoms with Crippen LogP contribution in [0.4, 0.5) is 5.69 Å². The van der Waals surface area contributed by atoms with Crippen molar-refractivity contribution in [2.24, 2.45) is 0 Å². The molecular formula is C10H14N2. The lowest BCUT2D eigenvalue weighted by molar-refractivity contribution is 0.739. The minimum atomic E-state index is 1.13. The molecule has 1 aliphatic rings. The van der Waals surface area contributed by atoms with Gasteiger partial charge in [-0.15, -0.1) is 0 Å². The smallest absolute Gasteiger partial charge is 0.0582 e. The fourth-order valence-corrected chi connectivity index (χ4v) is 1.78. The third-order valence-electron chi connectivity index (χ3n) is 2.45. The van der Waals surface area contributed by atoms with E-state index in [9.17, 15) is 0 Å². The number of aryl methyl sites for hydroxylation is 2.